The molecule has 0 saturated carbocycles. The van der Waals surface area contributed by atoms with Gasteiger partial charge >= 0.3 is 0 Å². The summed E-state index contributed by atoms with van der Waals surface area (Å²) in [6.45, 7) is 2.44. The molecule has 1 aliphatic rings. The van der Waals surface area contributed by atoms with Gasteiger partial charge in [-0.15, -0.1) is 22.7 Å². The quantitative estimate of drug-likeness (QED) is 0.330. The van der Waals surface area contributed by atoms with Gasteiger partial charge in [-0.05, 0) is 42.8 Å². The number of fused-ring (bicyclic) bond motifs is 4. The van der Waals surface area contributed by atoms with Crippen molar-refractivity contribution in [2.24, 2.45) is 0 Å². The maximum Gasteiger partial charge on any atom is 0.261 e. The average Bonchev–Trinajstić information content (AvgIpc) is 3.51. The van der Waals surface area contributed by atoms with Gasteiger partial charge in [0.15, 0.2) is 11.6 Å². The standard InChI is InChI=1S/C24H19ClN4O2S2/c1-14-12-15(25)6-7-18(14)31-13-20(30)28-9-8-17-21(29-10-11-32-24(29)27-17)22(28)23-26-16-4-2-3-5-19(16)33-23/h2-7,10-12,22H,8-9,13H2,1H3. The van der Waals surface area contributed by atoms with E-state index in [2.05, 4.69) is 10.5 Å². The molecule has 0 saturated heterocycles. The number of hydrogen-bond donors (Lipinski definition) is 0. The zero-order valence-corrected chi connectivity index (χ0v) is 20.1. The Labute approximate surface area is 203 Å². The van der Waals surface area contributed by atoms with Crippen molar-refractivity contribution in [1.29, 1.82) is 0 Å². The van der Waals surface area contributed by atoms with Gasteiger partial charge in [0.25, 0.3) is 5.91 Å². The fraction of sp³-hybridized carbons (Fsp3) is 0.208. The van der Waals surface area contributed by atoms with Gasteiger partial charge in [0.1, 0.15) is 16.8 Å². The SMILES string of the molecule is Cc1cc(Cl)ccc1OCC(=O)N1CCc2nc3sccn3c2C1c1nc2ccccc2s1. The van der Waals surface area contributed by atoms with E-state index in [0.717, 1.165) is 37.1 Å². The minimum atomic E-state index is -0.307. The Morgan fingerprint density at radius 2 is 2.12 bits per heavy atom. The van der Waals surface area contributed by atoms with Crippen molar-refractivity contribution in [2.45, 2.75) is 19.4 Å². The molecular formula is C24H19ClN4O2S2. The lowest BCUT2D eigenvalue weighted by molar-refractivity contribution is -0.135. The summed E-state index contributed by atoms with van der Waals surface area (Å²) in [7, 11) is 0. The van der Waals surface area contributed by atoms with E-state index in [4.69, 9.17) is 26.3 Å². The molecule has 1 amide bonds. The molecule has 0 fully saturated rings. The summed E-state index contributed by atoms with van der Waals surface area (Å²) in [5, 5.41) is 3.55. The van der Waals surface area contributed by atoms with Crippen molar-refractivity contribution >= 4 is 55.4 Å². The Bertz CT molecular complexity index is 1470. The van der Waals surface area contributed by atoms with Crippen molar-refractivity contribution in [2.75, 3.05) is 13.2 Å². The fourth-order valence-electron chi connectivity index (χ4n) is 4.35. The molecule has 1 atom stereocenters. The van der Waals surface area contributed by atoms with E-state index in [1.807, 2.05) is 47.7 Å². The highest BCUT2D eigenvalue weighted by molar-refractivity contribution is 7.18. The highest BCUT2D eigenvalue weighted by Gasteiger charge is 2.38. The number of carbonyl (C=O) groups excluding carboxylic acids is 1. The van der Waals surface area contributed by atoms with Gasteiger partial charge in [-0.25, -0.2) is 9.97 Å². The number of aryl methyl sites for hydroxylation is 1. The number of thiazole rings is 2. The summed E-state index contributed by atoms with van der Waals surface area (Å²) in [6.07, 6.45) is 2.73. The van der Waals surface area contributed by atoms with Gasteiger partial charge in [-0.3, -0.25) is 9.20 Å². The van der Waals surface area contributed by atoms with Gasteiger partial charge in [-0.2, -0.15) is 0 Å². The third-order valence-corrected chi connectivity index (χ3v) is 7.97. The lowest BCUT2D eigenvalue weighted by Gasteiger charge is -2.34. The van der Waals surface area contributed by atoms with Gasteiger partial charge < -0.3 is 9.64 Å². The number of rotatable bonds is 4. The van der Waals surface area contributed by atoms with E-state index in [0.29, 0.717) is 23.7 Å². The first-order chi connectivity index (χ1) is 16.1. The number of halogens is 1. The van der Waals surface area contributed by atoms with E-state index < -0.39 is 0 Å². The molecule has 0 bridgehead atoms. The highest BCUT2D eigenvalue weighted by Crippen LogP contribution is 2.39. The minimum absolute atomic E-state index is 0.0508. The lowest BCUT2D eigenvalue weighted by Crippen LogP contribution is -2.43. The molecular weight excluding hydrogens is 476 g/mol. The number of benzene rings is 2. The summed E-state index contributed by atoms with van der Waals surface area (Å²) in [6, 6.07) is 13.2. The van der Waals surface area contributed by atoms with Crippen molar-refractivity contribution < 1.29 is 9.53 Å². The molecule has 33 heavy (non-hydrogen) atoms. The molecule has 1 unspecified atom stereocenters. The van der Waals surface area contributed by atoms with E-state index in [1.54, 1.807) is 34.8 Å². The summed E-state index contributed by atoms with van der Waals surface area (Å²) < 4.78 is 9.11. The number of carbonyl (C=O) groups is 1. The smallest absolute Gasteiger partial charge is 0.261 e. The first kappa shape index (κ1) is 20.7. The van der Waals surface area contributed by atoms with Crippen LogP contribution in [0.3, 0.4) is 0 Å². The second kappa shape index (κ2) is 8.13. The first-order valence-electron chi connectivity index (χ1n) is 10.6. The van der Waals surface area contributed by atoms with Gasteiger partial charge in [0.2, 0.25) is 0 Å². The summed E-state index contributed by atoms with van der Waals surface area (Å²) in [5.41, 5.74) is 3.89. The predicted octanol–water partition coefficient (Wildman–Crippen LogP) is 5.52. The largest absolute Gasteiger partial charge is 0.483 e. The molecule has 0 radical (unpaired) electrons. The second-order valence-corrected chi connectivity index (χ2v) is 10.3. The van der Waals surface area contributed by atoms with Crippen LogP contribution in [0, 0.1) is 6.92 Å². The van der Waals surface area contributed by atoms with Gasteiger partial charge in [-0.1, -0.05) is 23.7 Å². The summed E-state index contributed by atoms with van der Waals surface area (Å²) in [4.78, 5) is 26.0. The van der Waals surface area contributed by atoms with Crippen LogP contribution in [0.2, 0.25) is 5.02 Å². The molecule has 3 aromatic heterocycles. The third kappa shape index (κ3) is 3.58. The molecule has 6 nitrogen and oxygen atoms in total. The van der Waals surface area contributed by atoms with Crippen LogP contribution in [0.5, 0.6) is 5.75 Å². The Balaban J connectivity index is 1.38. The van der Waals surface area contributed by atoms with Crippen molar-refractivity contribution in [3.8, 4) is 5.75 Å². The Kier molecular flexibility index (Phi) is 5.09. The predicted molar refractivity (Wildman–Crippen MR) is 132 cm³/mol. The van der Waals surface area contributed by atoms with Crippen LogP contribution in [-0.2, 0) is 11.2 Å². The van der Waals surface area contributed by atoms with Crippen LogP contribution >= 0.6 is 34.3 Å². The number of amides is 1. The number of nitrogens with zero attached hydrogens (tertiary/aromatic N) is 4. The molecule has 0 aliphatic carbocycles. The van der Waals surface area contributed by atoms with Crippen molar-refractivity contribution in [3.05, 3.63) is 81.0 Å². The van der Waals surface area contributed by atoms with Crippen LogP contribution in [-0.4, -0.2) is 38.3 Å². The number of para-hydroxylation sites is 1. The molecule has 9 heteroatoms. The first-order valence-corrected chi connectivity index (χ1v) is 12.6. The van der Waals surface area contributed by atoms with Crippen LogP contribution in [0.4, 0.5) is 0 Å². The average molecular weight is 495 g/mol. The summed E-state index contributed by atoms with van der Waals surface area (Å²) in [5.74, 6) is 0.580. The number of hydrogen-bond acceptors (Lipinski definition) is 6. The maximum absolute atomic E-state index is 13.5. The molecule has 0 N–H and O–H groups in total. The Morgan fingerprint density at radius 3 is 2.97 bits per heavy atom. The van der Waals surface area contributed by atoms with E-state index in [9.17, 15) is 4.79 Å². The zero-order valence-electron chi connectivity index (χ0n) is 17.7. The zero-order chi connectivity index (χ0) is 22.5. The molecule has 4 heterocycles. The topological polar surface area (TPSA) is 59.7 Å². The molecule has 6 rings (SSSR count). The Hall–Kier alpha value is -2.94. The molecule has 1 aliphatic heterocycles. The Morgan fingerprint density at radius 1 is 1.24 bits per heavy atom. The van der Waals surface area contributed by atoms with Crippen molar-refractivity contribution in [1.82, 2.24) is 19.3 Å². The number of ether oxygens (including phenoxy) is 1. The monoisotopic (exact) mass is 494 g/mol. The van der Waals surface area contributed by atoms with Gasteiger partial charge in [0, 0.05) is 29.6 Å². The lowest BCUT2D eigenvalue weighted by atomic mass is 10.0. The maximum atomic E-state index is 13.5. The molecule has 5 aromatic rings. The molecule has 0 spiro atoms. The van der Waals surface area contributed by atoms with Crippen molar-refractivity contribution in [3.63, 3.8) is 0 Å². The van der Waals surface area contributed by atoms with Crippen LogP contribution in [0.15, 0.2) is 54.0 Å². The number of imidazole rings is 1. The van der Waals surface area contributed by atoms with Crippen LogP contribution in [0.25, 0.3) is 15.2 Å². The number of aromatic nitrogens is 3. The normalized spacial score (nSPS) is 15.8. The van der Waals surface area contributed by atoms with Crippen LogP contribution in [0.1, 0.15) is 28.0 Å². The minimum Gasteiger partial charge on any atom is -0.483 e. The molecule has 2 aromatic carbocycles. The van der Waals surface area contributed by atoms with E-state index in [-0.39, 0.29) is 18.6 Å². The molecule has 166 valence electrons. The fourth-order valence-corrected chi connectivity index (χ4v) is 6.40. The van der Waals surface area contributed by atoms with E-state index in [1.165, 1.54) is 0 Å². The van der Waals surface area contributed by atoms with Crippen LogP contribution < -0.4 is 4.74 Å². The van der Waals surface area contributed by atoms with E-state index >= 15 is 0 Å². The summed E-state index contributed by atoms with van der Waals surface area (Å²) >= 11 is 9.28. The third-order valence-electron chi connectivity index (χ3n) is 5.89. The highest BCUT2D eigenvalue weighted by atomic mass is 35.5. The van der Waals surface area contributed by atoms with Gasteiger partial charge in [0.05, 0.1) is 21.6 Å². The second-order valence-electron chi connectivity index (χ2n) is 7.96.